The zero-order valence-electron chi connectivity index (χ0n) is 9.88. The molecule has 0 fully saturated rings. The largest absolute Gasteiger partial charge is 0.461 e. The fourth-order valence-corrected chi connectivity index (χ4v) is 2.51. The summed E-state index contributed by atoms with van der Waals surface area (Å²) in [5, 5.41) is 4.76. The molecule has 0 unspecified atom stereocenters. The van der Waals surface area contributed by atoms with Gasteiger partial charge in [-0.2, -0.15) is 0 Å². The minimum atomic E-state index is 0.650. The van der Waals surface area contributed by atoms with Gasteiger partial charge in [0.2, 0.25) is 5.76 Å². The zero-order valence-corrected chi connectivity index (χ0v) is 11.4. The van der Waals surface area contributed by atoms with Crippen LogP contribution >= 0.6 is 23.4 Å². The van der Waals surface area contributed by atoms with Crippen LogP contribution in [0.5, 0.6) is 0 Å². The molecule has 0 aliphatic carbocycles. The maximum absolute atomic E-state index is 5.84. The van der Waals surface area contributed by atoms with Gasteiger partial charge < -0.3 is 8.94 Å². The Balaban J connectivity index is 1.66. The summed E-state index contributed by atoms with van der Waals surface area (Å²) < 4.78 is 10.5. The Bertz CT molecular complexity index is 646. The van der Waals surface area contributed by atoms with Crippen LogP contribution in [0.15, 0.2) is 62.6 Å². The molecule has 0 bridgehead atoms. The molecule has 5 heteroatoms. The van der Waals surface area contributed by atoms with Gasteiger partial charge in [-0.1, -0.05) is 16.8 Å². The van der Waals surface area contributed by atoms with Crippen LogP contribution in [0.1, 0.15) is 5.69 Å². The molecule has 96 valence electrons. The van der Waals surface area contributed by atoms with Crippen LogP contribution < -0.4 is 0 Å². The molecule has 0 saturated carbocycles. The summed E-state index contributed by atoms with van der Waals surface area (Å²) in [7, 11) is 0. The molecule has 0 atom stereocenters. The summed E-state index contributed by atoms with van der Waals surface area (Å²) in [6.45, 7) is 0. The molecular weight excluding hydrogens is 282 g/mol. The number of aromatic nitrogens is 1. The van der Waals surface area contributed by atoms with Gasteiger partial charge in [-0.15, -0.1) is 11.8 Å². The highest BCUT2D eigenvalue weighted by Gasteiger charge is 2.09. The second-order valence-corrected chi connectivity index (χ2v) is 5.39. The summed E-state index contributed by atoms with van der Waals surface area (Å²) in [6.07, 6.45) is 1.61. The molecule has 0 amide bonds. The quantitative estimate of drug-likeness (QED) is 0.642. The molecule has 3 nitrogen and oxygen atoms in total. The third kappa shape index (κ3) is 3.03. The number of rotatable bonds is 4. The normalized spacial score (nSPS) is 10.8. The van der Waals surface area contributed by atoms with Gasteiger partial charge in [0, 0.05) is 21.7 Å². The Kier molecular flexibility index (Phi) is 3.62. The molecule has 3 aromatic rings. The molecule has 3 rings (SSSR count). The summed E-state index contributed by atoms with van der Waals surface area (Å²) in [6, 6.07) is 13.3. The van der Waals surface area contributed by atoms with Crippen molar-refractivity contribution in [3.63, 3.8) is 0 Å². The smallest absolute Gasteiger partial charge is 0.202 e. The van der Waals surface area contributed by atoms with Crippen molar-refractivity contribution in [3.8, 4) is 11.5 Å². The van der Waals surface area contributed by atoms with Crippen molar-refractivity contribution in [2.45, 2.75) is 10.6 Å². The molecule has 0 saturated heterocycles. The van der Waals surface area contributed by atoms with Crippen LogP contribution in [-0.4, -0.2) is 5.16 Å². The Labute approximate surface area is 119 Å². The van der Waals surface area contributed by atoms with Gasteiger partial charge in [0.05, 0.1) is 12.0 Å². The first-order chi connectivity index (χ1) is 9.31. The van der Waals surface area contributed by atoms with Crippen LogP contribution in [0.3, 0.4) is 0 Å². The third-order valence-corrected chi connectivity index (χ3v) is 3.82. The van der Waals surface area contributed by atoms with Crippen LogP contribution in [0.4, 0.5) is 0 Å². The monoisotopic (exact) mass is 291 g/mol. The van der Waals surface area contributed by atoms with E-state index in [1.54, 1.807) is 18.0 Å². The van der Waals surface area contributed by atoms with E-state index in [0.717, 1.165) is 21.4 Å². The van der Waals surface area contributed by atoms with Gasteiger partial charge in [0.25, 0.3) is 0 Å². The number of hydrogen-bond acceptors (Lipinski definition) is 4. The standard InChI is InChI=1S/C14H10ClNO2S/c15-10-3-5-12(6-4-10)19-9-11-8-14(18-16-11)13-2-1-7-17-13/h1-8H,9H2. The van der Waals surface area contributed by atoms with Crippen molar-refractivity contribution in [2.24, 2.45) is 0 Å². The molecule has 0 aliphatic heterocycles. The molecule has 0 spiro atoms. The SMILES string of the molecule is Clc1ccc(SCc2cc(-c3ccco3)on2)cc1. The highest BCUT2D eigenvalue weighted by molar-refractivity contribution is 7.98. The number of halogens is 1. The van der Waals surface area contributed by atoms with Crippen LogP contribution in [0, 0.1) is 0 Å². The van der Waals surface area contributed by atoms with Gasteiger partial charge >= 0.3 is 0 Å². The fraction of sp³-hybridized carbons (Fsp3) is 0.0714. The minimum absolute atomic E-state index is 0.650. The molecule has 0 aliphatic rings. The second-order valence-electron chi connectivity index (χ2n) is 3.90. The average Bonchev–Trinajstić information content (AvgIpc) is 3.09. The van der Waals surface area contributed by atoms with E-state index in [4.69, 9.17) is 20.5 Å². The molecule has 19 heavy (non-hydrogen) atoms. The summed E-state index contributed by atoms with van der Waals surface area (Å²) in [5.41, 5.74) is 0.881. The number of benzene rings is 1. The zero-order chi connectivity index (χ0) is 13.1. The van der Waals surface area contributed by atoms with E-state index in [-0.39, 0.29) is 0 Å². The van der Waals surface area contributed by atoms with Crippen LogP contribution in [-0.2, 0) is 5.75 Å². The predicted octanol–water partition coefficient (Wildman–Crippen LogP) is 4.88. The molecule has 0 radical (unpaired) electrons. The average molecular weight is 292 g/mol. The number of furan rings is 1. The highest BCUT2D eigenvalue weighted by atomic mass is 35.5. The van der Waals surface area contributed by atoms with E-state index in [1.165, 1.54) is 0 Å². The van der Waals surface area contributed by atoms with Gasteiger partial charge in [0.1, 0.15) is 0 Å². The molecular formula is C14H10ClNO2S. The van der Waals surface area contributed by atoms with Crippen LogP contribution in [0.25, 0.3) is 11.5 Å². The maximum atomic E-state index is 5.84. The molecule has 0 N–H and O–H groups in total. The Morgan fingerprint density at radius 1 is 1.11 bits per heavy atom. The van der Waals surface area contributed by atoms with E-state index in [0.29, 0.717) is 11.5 Å². The fourth-order valence-electron chi connectivity index (χ4n) is 1.60. The Morgan fingerprint density at radius 3 is 2.68 bits per heavy atom. The number of hydrogen-bond donors (Lipinski definition) is 0. The van der Waals surface area contributed by atoms with E-state index < -0.39 is 0 Å². The lowest BCUT2D eigenvalue weighted by Gasteiger charge is -1.98. The summed E-state index contributed by atoms with van der Waals surface area (Å²) in [5.74, 6) is 2.08. The van der Waals surface area contributed by atoms with Crippen molar-refractivity contribution < 1.29 is 8.94 Å². The lowest BCUT2D eigenvalue weighted by atomic mass is 10.3. The Hall–Kier alpha value is -1.65. The summed E-state index contributed by atoms with van der Waals surface area (Å²) in [4.78, 5) is 1.15. The van der Waals surface area contributed by atoms with Gasteiger partial charge in [-0.3, -0.25) is 0 Å². The van der Waals surface area contributed by atoms with Crippen molar-refractivity contribution in [3.05, 3.63) is 59.4 Å². The summed E-state index contributed by atoms with van der Waals surface area (Å²) >= 11 is 7.52. The molecule has 1 aromatic carbocycles. The van der Waals surface area contributed by atoms with Gasteiger partial charge in [-0.05, 0) is 36.4 Å². The third-order valence-electron chi connectivity index (χ3n) is 2.52. The van der Waals surface area contributed by atoms with Crippen molar-refractivity contribution in [1.82, 2.24) is 5.16 Å². The first kappa shape index (κ1) is 12.4. The van der Waals surface area contributed by atoms with Crippen molar-refractivity contribution in [2.75, 3.05) is 0 Å². The number of thioether (sulfide) groups is 1. The Morgan fingerprint density at radius 2 is 1.95 bits per heavy atom. The first-order valence-electron chi connectivity index (χ1n) is 5.69. The van der Waals surface area contributed by atoms with Crippen LogP contribution in [0.2, 0.25) is 5.02 Å². The van der Waals surface area contributed by atoms with E-state index in [9.17, 15) is 0 Å². The topological polar surface area (TPSA) is 39.2 Å². The maximum Gasteiger partial charge on any atom is 0.202 e. The number of nitrogens with zero attached hydrogens (tertiary/aromatic N) is 1. The highest BCUT2D eigenvalue weighted by Crippen LogP contribution is 2.26. The predicted molar refractivity (Wildman–Crippen MR) is 75.2 cm³/mol. The molecule has 2 heterocycles. The molecule has 2 aromatic heterocycles. The van der Waals surface area contributed by atoms with Gasteiger partial charge in [0.15, 0.2) is 5.76 Å². The van der Waals surface area contributed by atoms with E-state index in [2.05, 4.69) is 5.16 Å². The second kappa shape index (κ2) is 5.55. The van der Waals surface area contributed by atoms with Crippen molar-refractivity contribution in [1.29, 1.82) is 0 Å². The van der Waals surface area contributed by atoms with E-state index in [1.807, 2.05) is 42.5 Å². The van der Waals surface area contributed by atoms with E-state index >= 15 is 0 Å². The lowest BCUT2D eigenvalue weighted by molar-refractivity contribution is 0.413. The van der Waals surface area contributed by atoms with Gasteiger partial charge in [-0.25, -0.2) is 0 Å². The minimum Gasteiger partial charge on any atom is -0.461 e. The lowest BCUT2D eigenvalue weighted by Crippen LogP contribution is -1.79. The first-order valence-corrected chi connectivity index (χ1v) is 7.05. The van der Waals surface area contributed by atoms with Crippen molar-refractivity contribution >= 4 is 23.4 Å².